The molecule has 9 aromatic rings. The third kappa shape index (κ3) is 26.1. The van der Waals surface area contributed by atoms with Gasteiger partial charge in [0, 0.05) is 139 Å². The number of benzene rings is 5. The van der Waals surface area contributed by atoms with Crippen LogP contribution in [0.5, 0.6) is 5.75 Å². The highest BCUT2D eigenvalue weighted by Gasteiger charge is 2.37. The lowest BCUT2D eigenvalue weighted by Gasteiger charge is -2.23. The van der Waals surface area contributed by atoms with E-state index in [1.165, 1.54) is 41.8 Å². The second kappa shape index (κ2) is 44.5. The number of guanidine groups is 1. The highest BCUT2D eigenvalue weighted by Crippen LogP contribution is 2.46. The summed E-state index contributed by atoms with van der Waals surface area (Å²) in [6.07, 6.45) is 1.21. The zero-order chi connectivity index (χ0) is 84.7. The third-order valence-corrected chi connectivity index (χ3v) is 21.0. The minimum atomic E-state index is -1.55. The number of hydrogen-bond acceptors (Lipinski definition) is 25. The van der Waals surface area contributed by atoms with Gasteiger partial charge < -0.3 is 73.6 Å². The molecule has 0 saturated heterocycles. The number of rotatable bonds is 37. The van der Waals surface area contributed by atoms with Crippen LogP contribution in [0, 0.1) is 11.8 Å². The quantitative estimate of drug-likeness (QED) is 0.00472. The van der Waals surface area contributed by atoms with Crippen LogP contribution in [0.1, 0.15) is 132 Å². The maximum Gasteiger partial charge on any atom is 0.412 e. The highest BCUT2D eigenvalue weighted by atomic mass is 35.5. The van der Waals surface area contributed by atoms with Crippen molar-refractivity contribution in [2.75, 3.05) is 60.0 Å². The van der Waals surface area contributed by atoms with E-state index < -0.39 is 83.7 Å². The SMILES string of the molecule is CCC(=O)Cc1ccc2[nH]c(C(=O)Cc3ccc4[nH]c(C(=O)N5CC(CCl)c6c5cc(OC(=O)NC)c5ccccc65)cc4c3)cc2c1.CCSSC[C@H](CC(=O)[C@H](CC(=O)O)NC(=O)[C@H](CCCN=C(N)N)CC(=O)[C@H](C)NC(=O)CCCNC(=O)c1ccc(NCc2cnc3nc(N)[nH]c(=O)c3n2)cc1)C(=O)O.O=C=O.O=C=O. The standard InChI is InChI=1S/C38H33ClN4O5.C38H52N12O10S2.2CO2/c1-3-26(44)14-21-8-10-29-23(12-21)16-31(41-29)34(45)15-22-9-11-30-24(13-22)17-32(42-30)37(46)43-20-25(19-39)36-28-7-5-4-6-27(28)35(18-33(36)43)48-38(47)40-2;1-3-61-62-19-23(36(59)60)15-28(52)26(16-30(54)55)48-34(57)22(6-4-13-43-37(39)40)14-27(51)20(2)46-29(53)7-5-12-42-33(56)21-8-10-24(11-9-21)44-17-25-18-45-32-31(47-25)35(58)50-38(41)49-32;2*2-1-3/h4-13,16-18,25,41-42H,3,14-15,19-20H2,1-2H3,(H,40,47);8-11,18,20,22-23,26,44H,3-7,12-17,19H2,1-2H3,(H,42,56)(H,46,53)(H,48,57)(H,54,55)(H,59,60)(H4,39,40,43)(H3,41,45,49,50,58);;/t;20-,22+,23-,26-;;/m.0../s1. The number of nitrogens with zero attached hydrogens (tertiary/aromatic N) is 5. The molecule has 35 nitrogen and oxygen atoms in total. The monoisotopic (exact) mass is 1650 g/mol. The molecule has 5 aromatic carbocycles. The number of Topliss-reactive ketones (excluding diaryl/α,β-unsaturated/α-hetero) is 4. The Morgan fingerprint density at radius 1 is 0.767 bits per heavy atom. The Morgan fingerprint density at radius 2 is 1.41 bits per heavy atom. The molecule has 1 aliphatic heterocycles. The Morgan fingerprint density at radius 3 is 2.04 bits per heavy atom. The van der Waals surface area contributed by atoms with Crippen LogP contribution in [0.15, 0.2) is 119 Å². The number of carbonyl (C=O) groups is 11. The lowest BCUT2D eigenvalue weighted by atomic mass is 9.92. The Labute approximate surface area is 674 Å². The van der Waals surface area contributed by atoms with E-state index in [1.807, 2.05) is 80.6 Å². The van der Waals surface area contributed by atoms with Crippen molar-refractivity contribution in [3.05, 3.63) is 159 Å². The first-order chi connectivity index (χ1) is 55.5. The number of anilines is 3. The van der Waals surface area contributed by atoms with Gasteiger partial charge in [-0.15, -0.1) is 11.6 Å². The lowest BCUT2D eigenvalue weighted by Crippen LogP contribution is -2.47. The van der Waals surface area contributed by atoms with E-state index >= 15 is 0 Å². The maximum absolute atomic E-state index is 14.1. The van der Waals surface area contributed by atoms with Crippen molar-refractivity contribution in [1.29, 1.82) is 0 Å². The van der Waals surface area contributed by atoms with E-state index in [2.05, 4.69) is 61.5 Å². The summed E-state index contributed by atoms with van der Waals surface area (Å²) in [5.74, 6) is -6.80. The molecule has 0 aliphatic carbocycles. The number of H-pyrrole nitrogens is 3. The zero-order valence-electron chi connectivity index (χ0n) is 63.3. The molecular weight excluding hydrogens is 1560 g/mol. The van der Waals surface area contributed by atoms with Crippen LogP contribution in [0.4, 0.5) is 22.1 Å². The number of ether oxygens (including phenoxy) is 1. The molecule has 0 fully saturated rings. The number of nitrogens with one attached hydrogen (secondary N) is 8. The number of nitrogens with two attached hydrogens (primary N) is 3. The molecule has 610 valence electrons. The van der Waals surface area contributed by atoms with Crippen LogP contribution < -0.4 is 59.0 Å². The molecule has 116 heavy (non-hydrogen) atoms. The first-order valence-corrected chi connectivity index (χ1v) is 39.2. The molecule has 38 heteroatoms. The summed E-state index contributed by atoms with van der Waals surface area (Å²) < 4.78 is 5.60. The Hall–Kier alpha value is -13.0. The minimum Gasteiger partial charge on any atom is -0.481 e. The van der Waals surface area contributed by atoms with Gasteiger partial charge in [-0.25, -0.2) is 14.8 Å². The summed E-state index contributed by atoms with van der Waals surface area (Å²) in [6, 6.07) is 28.4. The second-order valence-corrected chi connectivity index (χ2v) is 29.3. The average molecular weight is 1650 g/mol. The van der Waals surface area contributed by atoms with Crippen LogP contribution in [0.2, 0.25) is 0 Å². The summed E-state index contributed by atoms with van der Waals surface area (Å²) in [7, 11) is 4.17. The van der Waals surface area contributed by atoms with E-state index in [4.69, 9.17) is 52.7 Å². The number of aromatic nitrogens is 6. The van der Waals surface area contributed by atoms with E-state index in [0.717, 1.165) is 49.3 Å². The number of halogens is 1. The van der Waals surface area contributed by atoms with Crippen molar-refractivity contribution in [1.82, 2.24) is 51.2 Å². The molecule has 5 amide bonds. The molecule has 5 heterocycles. The summed E-state index contributed by atoms with van der Waals surface area (Å²) in [4.78, 5) is 212. The fourth-order valence-electron chi connectivity index (χ4n) is 12.3. The van der Waals surface area contributed by atoms with Gasteiger partial charge in [-0.3, -0.25) is 62.7 Å². The number of amides is 5. The summed E-state index contributed by atoms with van der Waals surface area (Å²) >= 11 is 6.44. The Bertz CT molecular complexity index is 5260. The predicted octanol–water partition coefficient (Wildman–Crippen LogP) is 6.86. The fraction of sp³-hybridized carbons (Fsp3) is 0.333. The van der Waals surface area contributed by atoms with Crippen molar-refractivity contribution in [3.63, 3.8) is 0 Å². The molecule has 1 unspecified atom stereocenters. The van der Waals surface area contributed by atoms with Crippen molar-refractivity contribution < 1.29 is 86.9 Å². The zero-order valence-corrected chi connectivity index (χ0v) is 65.7. The van der Waals surface area contributed by atoms with E-state index in [0.29, 0.717) is 70.8 Å². The van der Waals surface area contributed by atoms with Gasteiger partial charge in [0.15, 0.2) is 34.5 Å². The number of carboxylic acid groups (broad SMARTS) is 2. The first-order valence-electron chi connectivity index (χ1n) is 36.2. The number of aliphatic carboxylic acids is 2. The first kappa shape index (κ1) is 90.2. The number of aliphatic imine (C=N–C) groups is 1. The number of carboxylic acids is 2. The summed E-state index contributed by atoms with van der Waals surface area (Å²) in [5.41, 5.74) is 23.3. The van der Waals surface area contributed by atoms with Crippen molar-refractivity contribution in [2.24, 2.45) is 28.3 Å². The summed E-state index contributed by atoms with van der Waals surface area (Å²) in [6.45, 7) is 6.04. The average Bonchev–Trinajstić information content (AvgIpc) is 1.57. The van der Waals surface area contributed by atoms with Crippen LogP contribution in [0.25, 0.3) is 43.7 Å². The molecule has 0 saturated carbocycles. The van der Waals surface area contributed by atoms with Gasteiger partial charge in [0.1, 0.15) is 17.2 Å². The maximum atomic E-state index is 14.1. The molecule has 1 aliphatic rings. The number of fused-ring (bicyclic) bond motifs is 6. The molecule has 16 N–H and O–H groups in total. The van der Waals surface area contributed by atoms with Gasteiger partial charge in [-0.2, -0.15) is 24.2 Å². The van der Waals surface area contributed by atoms with Gasteiger partial charge in [0.25, 0.3) is 17.4 Å². The van der Waals surface area contributed by atoms with Gasteiger partial charge >= 0.3 is 30.3 Å². The molecule has 4 aromatic heterocycles. The largest absolute Gasteiger partial charge is 0.481 e. The number of carbonyl (C=O) groups excluding carboxylic acids is 13. The highest BCUT2D eigenvalue weighted by molar-refractivity contribution is 8.76. The van der Waals surface area contributed by atoms with Gasteiger partial charge in [-0.05, 0) is 109 Å². The van der Waals surface area contributed by atoms with Gasteiger partial charge in [0.05, 0.1) is 54.2 Å². The number of aromatic amines is 3. The van der Waals surface area contributed by atoms with E-state index in [1.54, 1.807) is 41.3 Å². The number of hydrogen-bond donors (Lipinski definition) is 13. The normalized spacial score (nSPS) is 12.8. The molecule has 0 radical (unpaired) electrons. The van der Waals surface area contributed by atoms with Gasteiger partial charge in [-0.1, -0.05) is 71.8 Å². The third-order valence-electron chi connectivity index (χ3n) is 18.0. The Balaban J connectivity index is 0.000000307. The topological polar surface area (TPSA) is 563 Å². The number of alkyl halides is 1. The van der Waals surface area contributed by atoms with Crippen LogP contribution in [-0.2, 0) is 72.1 Å². The van der Waals surface area contributed by atoms with Crippen LogP contribution >= 0.6 is 33.2 Å². The van der Waals surface area contributed by atoms with Crippen molar-refractivity contribution >= 4 is 177 Å². The van der Waals surface area contributed by atoms with E-state index in [9.17, 15) is 67.7 Å². The molecule has 0 bridgehead atoms. The lowest BCUT2D eigenvalue weighted by molar-refractivity contribution is -0.193. The van der Waals surface area contributed by atoms with Crippen molar-refractivity contribution in [2.45, 2.75) is 110 Å². The second-order valence-electron chi connectivity index (χ2n) is 26.2. The van der Waals surface area contributed by atoms with E-state index in [-0.39, 0.29) is 129 Å². The van der Waals surface area contributed by atoms with Crippen molar-refractivity contribution in [3.8, 4) is 5.75 Å². The van der Waals surface area contributed by atoms with Crippen LogP contribution in [-0.4, -0.2) is 179 Å². The molecule has 5 atom stereocenters. The number of nitrogen functional groups attached to an aromatic ring is 1. The molecule has 10 rings (SSSR count). The van der Waals surface area contributed by atoms with Crippen LogP contribution in [0.3, 0.4) is 0 Å². The molecule has 0 spiro atoms. The van der Waals surface area contributed by atoms with Gasteiger partial charge in [0.2, 0.25) is 17.8 Å². The smallest absolute Gasteiger partial charge is 0.412 e. The molecular formula is C78H85ClN16O19S2. The minimum absolute atomic E-state index is 0.0396. The fourth-order valence-corrected chi connectivity index (χ4v) is 14.6. The number of ketones is 4. The predicted molar refractivity (Wildman–Crippen MR) is 432 cm³/mol. The Kier molecular flexibility index (Phi) is 34.6. The summed E-state index contributed by atoms with van der Waals surface area (Å²) in [5, 5.41) is 35.8.